The van der Waals surface area contributed by atoms with Crippen molar-refractivity contribution in [2.45, 2.75) is 0 Å². The highest BCUT2D eigenvalue weighted by Crippen LogP contribution is 2.24. The Labute approximate surface area is 126 Å². The molecule has 0 aliphatic rings. The van der Waals surface area contributed by atoms with E-state index in [2.05, 4.69) is 5.32 Å². The highest BCUT2D eigenvalue weighted by Gasteiger charge is 2.13. The maximum Gasteiger partial charge on any atom is 0.291 e. The number of hydrogen-bond donors (Lipinski definition) is 1. The molecule has 1 amide bonds. The molecular weight excluding hydrogens is 290 g/mol. The van der Waals surface area contributed by atoms with Crippen molar-refractivity contribution in [3.63, 3.8) is 0 Å². The number of ether oxygens (including phenoxy) is 1. The summed E-state index contributed by atoms with van der Waals surface area (Å²) in [6.07, 6.45) is 0. The molecule has 3 aromatic rings. The third-order valence-corrected chi connectivity index (χ3v) is 3.26. The van der Waals surface area contributed by atoms with E-state index in [0.29, 0.717) is 22.0 Å². The Morgan fingerprint density at radius 2 is 2.05 bits per heavy atom. The molecule has 4 nitrogen and oxygen atoms in total. The van der Waals surface area contributed by atoms with Gasteiger partial charge in [0, 0.05) is 22.2 Å². The Kier molecular flexibility index (Phi) is 3.54. The molecule has 3 rings (SSSR count). The van der Waals surface area contributed by atoms with Crippen LogP contribution >= 0.6 is 11.6 Å². The summed E-state index contributed by atoms with van der Waals surface area (Å²) in [5, 5.41) is 4.15. The van der Waals surface area contributed by atoms with Gasteiger partial charge in [-0.3, -0.25) is 4.79 Å². The standard InChI is InChI=1S/C16H12ClNO3/c1-20-13-4-2-3-12(9-13)18-16(19)15-8-10-7-11(17)5-6-14(10)21-15/h2-9H,1H3,(H,18,19). The van der Waals surface area contributed by atoms with Crippen molar-refractivity contribution >= 4 is 34.2 Å². The molecule has 0 aliphatic carbocycles. The molecule has 1 aromatic heterocycles. The van der Waals surface area contributed by atoms with Crippen LogP contribution in [0, 0.1) is 0 Å². The second-order valence-corrected chi connectivity index (χ2v) is 4.92. The lowest BCUT2D eigenvalue weighted by atomic mass is 10.2. The number of anilines is 1. The molecule has 0 atom stereocenters. The minimum Gasteiger partial charge on any atom is -0.497 e. The van der Waals surface area contributed by atoms with Crippen LogP contribution in [0.1, 0.15) is 10.6 Å². The Bertz CT molecular complexity index is 810. The van der Waals surface area contributed by atoms with Gasteiger partial charge in [-0.25, -0.2) is 0 Å². The molecule has 1 heterocycles. The zero-order chi connectivity index (χ0) is 14.8. The number of furan rings is 1. The van der Waals surface area contributed by atoms with Crippen LogP contribution in [-0.4, -0.2) is 13.0 Å². The Morgan fingerprint density at radius 3 is 2.86 bits per heavy atom. The number of amides is 1. The van der Waals surface area contributed by atoms with E-state index in [-0.39, 0.29) is 11.7 Å². The maximum absolute atomic E-state index is 12.2. The van der Waals surface area contributed by atoms with Crippen LogP contribution in [0.4, 0.5) is 5.69 Å². The van der Waals surface area contributed by atoms with E-state index in [0.717, 1.165) is 5.39 Å². The average Bonchev–Trinajstić information content (AvgIpc) is 2.90. The first-order chi connectivity index (χ1) is 10.2. The van der Waals surface area contributed by atoms with Gasteiger partial charge in [0.05, 0.1) is 7.11 Å². The summed E-state index contributed by atoms with van der Waals surface area (Å²) >= 11 is 5.91. The predicted octanol–water partition coefficient (Wildman–Crippen LogP) is 4.35. The van der Waals surface area contributed by atoms with Gasteiger partial charge in [0.25, 0.3) is 5.91 Å². The third kappa shape index (κ3) is 2.85. The summed E-state index contributed by atoms with van der Waals surface area (Å²) in [5.41, 5.74) is 1.26. The molecule has 0 unspecified atom stereocenters. The van der Waals surface area contributed by atoms with Gasteiger partial charge in [0.2, 0.25) is 0 Å². The van der Waals surface area contributed by atoms with Gasteiger partial charge in [0.1, 0.15) is 11.3 Å². The van der Waals surface area contributed by atoms with Gasteiger partial charge in [0.15, 0.2) is 5.76 Å². The number of halogens is 1. The highest BCUT2D eigenvalue weighted by molar-refractivity contribution is 6.31. The van der Waals surface area contributed by atoms with Gasteiger partial charge in [-0.05, 0) is 36.4 Å². The second kappa shape index (κ2) is 5.50. The number of fused-ring (bicyclic) bond motifs is 1. The number of hydrogen-bond acceptors (Lipinski definition) is 3. The number of carbonyl (C=O) groups excluding carboxylic acids is 1. The molecule has 21 heavy (non-hydrogen) atoms. The normalized spacial score (nSPS) is 10.6. The lowest BCUT2D eigenvalue weighted by Crippen LogP contribution is -2.10. The molecular formula is C16H12ClNO3. The van der Waals surface area contributed by atoms with Crippen molar-refractivity contribution in [2.24, 2.45) is 0 Å². The fraction of sp³-hybridized carbons (Fsp3) is 0.0625. The molecule has 0 fully saturated rings. The van der Waals surface area contributed by atoms with Crippen molar-refractivity contribution in [1.29, 1.82) is 0 Å². The van der Waals surface area contributed by atoms with Crippen LogP contribution in [0.25, 0.3) is 11.0 Å². The fourth-order valence-corrected chi connectivity index (χ4v) is 2.20. The molecule has 0 aliphatic heterocycles. The van der Waals surface area contributed by atoms with Crippen molar-refractivity contribution < 1.29 is 13.9 Å². The Morgan fingerprint density at radius 1 is 1.19 bits per heavy atom. The fourth-order valence-electron chi connectivity index (χ4n) is 2.02. The van der Waals surface area contributed by atoms with E-state index in [1.165, 1.54) is 0 Å². The van der Waals surface area contributed by atoms with Gasteiger partial charge in [-0.1, -0.05) is 17.7 Å². The average molecular weight is 302 g/mol. The van der Waals surface area contributed by atoms with Crippen LogP contribution in [0.3, 0.4) is 0 Å². The molecule has 0 saturated heterocycles. The first-order valence-corrected chi connectivity index (χ1v) is 6.68. The van der Waals surface area contributed by atoms with Crippen molar-refractivity contribution in [1.82, 2.24) is 0 Å². The topological polar surface area (TPSA) is 51.5 Å². The molecule has 2 aromatic carbocycles. The zero-order valence-corrected chi connectivity index (χ0v) is 12.0. The predicted molar refractivity (Wildman–Crippen MR) is 82.2 cm³/mol. The number of rotatable bonds is 3. The molecule has 1 N–H and O–H groups in total. The lowest BCUT2D eigenvalue weighted by Gasteiger charge is -2.05. The number of benzene rings is 2. The summed E-state index contributed by atoms with van der Waals surface area (Å²) < 4.78 is 10.6. The summed E-state index contributed by atoms with van der Waals surface area (Å²) in [6, 6.07) is 14.0. The summed E-state index contributed by atoms with van der Waals surface area (Å²) in [7, 11) is 1.57. The number of carbonyl (C=O) groups is 1. The summed E-state index contributed by atoms with van der Waals surface area (Å²) in [4.78, 5) is 12.2. The Balaban J connectivity index is 1.86. The van der Waals surface area contributed by atoms with Crippen molar-refractivity contribution in [3.8, 4) is 5.75 Å². The Hall–Kier alpha value is -2.46. The minimum absolute atomic E-state index is 0.232. The SMILES string of the molecule is COc1cccc(NC(=O)c2cc3cc(Cl)ccc3o2)c1. The van der Waals surface area contributed by atoms with E-state index >= 15 is 0 Å². The largest absolute Gasteiger partial charge is 0.497 e. The van der Waals surface area contributed by atoms with Gasteiger partial charge in [-0.15, -0.1) is 0 Å². The minimum atomic E-state index is -0.324. The second-order valence-electron chi connectivity index (χ2n) is 4.48. The van der Waals surface area contributed by atoms with E-state index in [4.69, 9.17) is 20.8 Å². The van der Waals surface area contributed by atoms with Crippen LogP contribution < -0.4 is 10.1 Å². The van der Waals surface area contributed by atoms with Gasteiger partial charge in [-0.2, -0.15) is 0 Å². The van der Waals surface area contributed by atoms with Crippen LogP contribution in [0.2, 0.25) is 5.02 Å². The van der Waals surface area contributed by atoms with Crippen molar-refractivity contribution in [3.05, 3.63) is 59.3 Å². The van der Waals surface area contributed by atoms with Gasteiger partial charge >= 0.3 is 0 Å². The monoisotopic (exact) mass is 301 g/mol. The number of methoxy groups -OCH3 is 1. The van der Waals surface area contributed by atoms with E-state index < -0.39 is 0 Å². The molecule has 0 bridgehead atoms. The maximum atomic E-state index is 12.2. The summed E-state index contributed by atoms with van der Waals surface area (Å²) in [6.45, 7) is 0. The molecule has 0 saturated carbocycles. The molecule has 5 heteroatoms. The van der Waals surface area contributed by atoms with Crippen molar-refractivity contribution in [2.75, 3.05) is 12.4 Å². The lowest BCUT2D eigenvalue weighted by molar-refractivity contribution is 0.0998. The first-order valence-electron chi connectivity index (χ1n) is 6.30. The van der Waals surface area contributed by atoms with Crippen LogP contribution in [-0.2, 0) is 0 Å². The van der Waals surface area contributed by atoms with Crippen LogP contribution in [0.5, 0.6) is 5.75 Å². The van der Waals surface area contributed by atoms with Gasteiger partial charge < -0.3 is 14.5 Å². The third-order valence-electron chi connectivity index (χ3n) is 3.03. The van der Waals surface area contributed by atoms with Crippen LogP contribution in [0.15, 0.2) is 52.9 Å². The smallest absolute Gasteiger partial charge is 0.291 e. The highest BCUT2D eigenvalue weighted by atomic mass is 35.5. The number of nitrogens with one attached hydrogen (secondary N) is 1. The molecule has 0 spiro atoms. The van der Waals surface area contributed by atoms with E-state index in [9.17, 15) is 4.79 Å². The zero-order valence-electron chi connectivity index (χ0n) is 11.2. The summed E-state index contributed by atoms with van der Waals surface area (Å²) in [5.74, 6) is 0.579. The molecule has 106 valence electrons. The molecule has 0 radical (unpaired) electrons. The van der Waals surface area contributed by atoms with E-state index in [1.54, 1.807) is 55.6 Å². The first kappa shape index (κ1) is 13.5. The van der Waals surface area contributed by atoms with E-state index in [1.807, 2.05) is 0 Å². The quantitative estimate of drug-likeness (QED) is 0.782.